The van der Waals surface area contributed by atoms with Gasteiger partial charge in [-0.2, -0.15) is 0 Å². The minimum atomic E-state index is -0.757. The van der Waals surface area contributed by atoms with Crippen molar-refractivity contribution in [2.45, 2.75) is 86.5 Å². The number of carbonyl (C=O) groups is 6. The van der Waals surface area contributed by atoms with Crippen LogP contribution in [0.25, 0.3) is 10.9 Å². The standard InChI is InChI=1S/C24H36N4O4.C16H29N3O2.C9H7NO4.CH2O3.CH4.2K.H/c1-16(2)23(30)27-10-12-28(13-11-27)24(31)18-6-4-17(5-7-18)15-26-22(29)20-14-19(32-3)8-9-21(20)25;1-12(2)15(20)18-7-9-19(10-8-18)16(21)14-5-3-13(11-17)4-6-14;1-13-5-2-3-7-6(4-5)8(11)14-9(12)10-7;2-1-4-3;;;;/h8-9,14,16-18H,4-7,10-13,15,25H2,1-3H3,(H,26,29);12-14H,3-11,17H2,1-2H3;2-4H,1H3,(H,10,12);1,3H;1H4;;;/q;;;;;2*+1;-1/p-1. The van der Waals surface area contributed by atoms with Gasteiger partial charge in [0.25, 0.3) is 12.4 Å². The summed E-state index contributed by atoms with van der Waals surface area (Å²) in [4.78, 5) is 105. The smallest absolute Gasteiger partial charge is 1.00 e. The molecule has 0 bridgehead atoms. The molecule has 4 fully saturated rings. The normalized spacial score (nSPS) is 19.2. The zero-order chi connectivity index (χ0) is 52.2. The molecular weight excluding hydrogens is 1010 g/mol. The van der Waals surface area contributed by atoms with Crippen LogP contribution in [0.3, 0.4) is 0 Å². The van der Waals surface area contributed by atoms with Gasteiger partial charge in [-0.1, -0.05) is 35.1 Å². The van der Waals surface area contributed by atoms with Gasteiger partial charge in [0.05, 0.1) is 30.7 Å². The van der Waals surface area contributed by atoms with Crippen molar-refractivity contribution in [3.8, 4) is 11.5 Å². The first-order valence-corrected chi connectivity index (χ1v) is 24.4. The topological polar surface area (TPSA) is 293 Å². The van der Waals surface area contributed by atoms with Crippen LogP contribution in [0.1, 0.15) is 98.3 Å². The molecule has 0 unspecified atom stereocenters. The zero-order valence-electron chi connectivity index (χ0n) is 45.0. The number of aromatic amines is 1. The second-order valence-electron chi connectivity index (χ2n) is 18.9. The SMILES string of the molecule is C.CC(C)C(=O)N1CCN(C(=O)C2CCC(CN)CC2)CC1.COc1ccc(N)c(C(=O)NCC2CCC(C(=O)N3CCN(C(=O)C(C)C)CC3)CC2)c1.COc1ccc2[nH]c(=O)oc(=O)c2c1.O=CO[O-].[H-].[K+].[K+]. The molecule has 2 aliphatic carbocycles. The second-order valence-corrected chi connectivity index (χ2v) is 18.9. The average molecular weight is 1090 g/mol. The van der Waals surface area contributed by atoms with E-state index in [1.54, 1.807) is 37.4 Å². The second kappa shape index (κ2) is 35.3. The van der Waals surface area contributed by atoms with E-state index >= 15 is 0 Å². The van der Waals surface area contributed by atoms with E-state index in [-0.39, 0.29) is 165 Å². The molecule has 3 aromatic rings. The van der Waals surface area contributed by atoms with Crippen molar-refractivity contribution in [3.05, 3.63) is 62.9 Å². The number of rotatable bonds is 11. The number of aromatic nitrogens is 1. The summed E-state index contributed by atoms with van der Waals surface area (Å²) in [6.07, 6.45) is 7.62. The van der Waals surface area contributed by atoms with Gasteiger partial charge in [-0.05, 0) is 106 Å². The van der Waals surface area contributed by atoms with Crippen molar-refractivity contribution in [2.24, 2.45) is 41.2 Å². The van der Waals surface area contributed by atoms with E-state index in [4.69, 9.17) is 31.0 Å². The van der Waals surface area contributed by atoms with Crippen molar-refractivity contribution >= 4 is 52.6 Å². The first-order valence-electron chi connectivity index (χ1n) is 24.4. The number of nitrogen functional groups attached to an aromatic ring is 1. The maximum absolute atomic E-state index is 12.9. The Bertz CT molecular complexity index is 2360. The Morgan fingerprint density at radius 2 is 1.15 bits per heavy atom. The molecule has 21 nitrogen and oxygen atoms in total. The molecular formula is C51H78K2N8O13. The predicted molar refractivity (Wildman–Crippen MR) is 270 cm³/mol. The van der Waals surface area contributed by atoms with Crippen molar-refractivity contribution in [2.75, 3.05) is 85.4 Å². The maximum atomic E-state index is 12.9. The Hall–Kier alpha value is -3.21. The number of hydrogen-bond acceptors (Lipinski definition) is 15. The summed E-state index contributed by atoms with van der Waals surface area (Å²) in [6.45, 7) is 14.0. The summed E-state index contributed by atoms with van der Waals surface area (Å²) in [7, 11) is 3.05. The van der Waals surface area contributed by atoms with Gasteiger partial charge in [-0.3, -0.25) is 33.8 Å². The van der Waals surface area contributed by atoms with E-state index in [9.17, 15) is 33.6 Å². The van der Waals surface area contributed by atoms with Crippen LogP contribution in [0.5, 0.6) is 11.5 Å². The van der Waals surface area contributed by atoms with E-state index in [2.05, 4.69) is 19.6 Å². The molecule has 402 valence electrons. The van der Waals surface area contributed by atoms with E-state index < -0.39 is 11.4 Å². The summed E-state index contributed by atoms with van der Waals surface area (Å²) >= 11 is 0. The number of hydrogen-bond donors (Lipinski definition) is 4. The number of benzene rings is 2. The van der Waals surface area contributed by atoms with Gasteiger partial charge < -0.3 is 61.8 Å². The number of nitrogens with zero attached hydrogens (tertiary/aromatic N) is 4. The molecule has 1 aromatic heterocycles. The van der Waals surface area contributed by atoms with Gasteiger partial charge in [0.2, 0.25) is 23.6 Å². The van der Waals surface area contributed by atoms with Gasteiger partial charge in [-0.15, -0.1) is 0 Å². The van der Waals surface area contributed by atoms with Crippen LogP contribution in [0, 0.1) is 35.5 Å². The van der Waals surface area contributed by atoms with Crippen molar-refractivity contribution < 1.29 is 157 Å². The Balaban J connectivity index is 0.00000110. The van der Waals surface area contributed by atoms with Crippen LogP contribution in [0.15, 0.2) is 50.4 Å². The molecule has 2 saturated heterocycles. The fourth-order valence-electron chi connectivity index (χ4n) is 9.19. The van der Waals surface area contributed by atoms with Crippen LogP contribution in [0.4, 0.5) is 5.69 Å². The Kier molecular flexibility index (Phi) is 32.8. The minimum Gasteiger partial charge on any atom is -1.00 e. The summed E-state index contributed by atoms with van der Waals surface area (Å²) in [5, 5.41) is 11.7. The molecule has 23 heteroatoms. The third-order valence-electron chi connectivity index (χ3n) is 13.5. The Morgan fingerprint density at radius 1 is 0.730 bits per heavy atom. The van der Waals surface area contributed by atoms with Gasteiger partial charge >= 0.3 is 114 Å². The molecule has 3 heterocycles. The number of amides is 5. The summed E-state index contributed by atoms with van der Waals surface area (Å²) in [5.74, 6) is 2.27. The predicted octanol–water partition coefficient (Wildman–Crippen LogP) is -3.10. The van der Waals surface area contributed by atoms with Crippen LogP contribution in [-0.2, 0) is 28.9 Å². The van der Waals surface area contributed by atoms with Crippen molar-refractivity contribution in [3.63, 3.8) is 0 Å². The van der Waals surface area contributed by atoms with Gasteiger partial charge in [0.1, 0.15) is 11.5 Å². The number of fused-ring (bicyclic) bond motifs is 1. The van der Waals surface area contributed by atoms with Crippen LogP contribution >= 0.6 is 0 Å². The maximum Gasteiger partial charge on any atom is 1.00 e. The number of piperazine rings is 2. The molecule has 7 rings (SSSR count). The molecule has 2 aromatic carbocycles. The van der Waals surface area contributed by atoms with Gasteiger partial charge in [0, 0.05) is 88.3 Å². The third-order valence-corrected chi connectivity index (χ3v) is 13.5. The molecule has 5 amide bonds. The third kappa shape index (κ3) is 21.0. The largest absolute Gasteiger partial charge is 1.00 e. The number of ether oxygens (including phenoxy) is 2. The number of methoxy groups -OCH3 is 2. The fraction of sp³-hybridized carbons (Fsp3) is 0.608. The van der Waals surface area contributed by atoms with Crippen molar-refractivity contribution in [1.29, 1.82) is 0 Å². The molecule has 0 spiro atoms. The minimum absolute atomic E-state index is 0. The molecule has 74 heavy (non-hydrogen) atoms. The molecule has 4 aliphatic rings. The van der Waals surface area contributed by atoms with E-state index in [0.717, 1.165) is 57.9 Å². The molecule has 6 N–H and O–H groups in total. The molecule has 0 radical (unpaired) electrons. The monoisotopic (exact) mass is 1090 g/mol. The van der Waals surface area contributed by atoms with E-state index in [0.29, 0.717) is 110 Å². The number of nitrogens with two attached hydrogens (primary N) is 2. The zero-order valence-corrected chi connectivity index (χ0v) is 50.2. The number of anilines is 1. The summed E-state index contributed by atoms with van der Waals surface area (Å²) in [5.41, 5.74) is 12.3. The quantitative estimate of drug-likeness (QED) is 0.0487. The van der Waals surface area contributed by atoms with Crippen LogP contribution < -0.4 is 146 Å². The van der Waals surface area contributed by atoms with Gasteiger partial charge in [-0.25, -0.2) is 9.59 Å². The number of nitrogens with one attached hydrogen (secondary N) is 2. The number of H-pyrrole nitrogens is 1. The first kappa shape index (κ1) is 68.8. The average Bonchev–Trinajstić information content (AvgIpc) is 3.40. The molecule has 2 saturated carbocycles. The molecule has 2 aliphatic heterocycles. The van der Waals surface area contributed by atoms with Crippen molar-refractivity contribution in [1.82, 2.24) is 29.9 Å². The molecule has 0 atom stereocenters. The summed E-state index contributed by atoms with van der Waals surface area (Å²) < 4.78 is 14.5. The summed E-state index contributed by atoms with van der Waals surface area (Å²) in [6, 6.07) is 9.80. The van der Waals surface area contributed by atoms with E-state index in [1.807, 2.05) is 47.3 Å². The van der Waals surface area contributed by atoms with E-state index in [1.165, 1.54) is 13.2 Å². The van der Waals surface area contributed by atoms with Crippen LogP contribution in [-0.4, -0.2) is 140 Å². The first-order chi connectivity index (χ1) is 33.9. The number of carbonyl (C=O) groups excluding carboxylic acids is 6. The van der Waals surface area contributed by atoms with Crippen LogP contribution in [0.2, 0.25) is 0 Å². The Labute approximate surface area is 521 Å². The van der Waals surface area contributed by atoms with Gasteiger partial charge in [0.15, 0.2) is 0 Å². The Morgan fingerprint density at radius 3 is 1.57 bits per heavy atom. The fourth-order valence-corrected chi connectivity index (χ4v) is 9.19.